The van der Waals surface area contributed by atoms with Crippen LogP contribution >= 0.6 is 15.9 Å². The lowest BCUT2D eigenvalue weighted by molar-refractivity contribution is 0.0697. The van der Waals surface area contributed by atoms with E-state index < -0.39 is 5.97 Å². The molecule has 0 atom stereocenters. The molecule has 0 heterocycles. The molecule has 2 rings (SSSR count). The van der Waals surface area contributed by atoms with Crippen molar-refractivity contribution in [1.29, 1.82) is 0 Å². The van der Waals surface area contributed by atoms with Gasteiger partial charge in [-0.3, -0.25) is 4.90 Å². The second-order valence-electron chi connectivity index (χ2n) is 5.27. The predicted molar refractivity (Wildman–Crippen MR) is 87.5 cm³/mol. The van der Waals surface area contributed by atoms with Crippen molar-refractivity contribution >= 4 is 21.9 Å². The van der Waals surface area contributed by atoms with Crippen molar-refractivity contribution in [1.82, 2.24) is 4.90 Å². The number of nitrogens with zero attached hydrogens (tertiary/aromatic N) is 1. The molecular formula is C17H18BrNO2. The maximum absolute atomic E-state index is 10.9. The molecule has 2 aromatic carbocycles. The minimum absolute atomic E-state index is 0.298. The molecule has 0 amide bonds. The molecule has 1 N–H and O–H groups in total. The maximum Gasteiger partial charge on any atom is 0.335 e. The second kappa shape index (κ2) is 6.87. The molecular weight excluding hydrogens is 330 g/mol. The van der Waals surface area contributed by atoms with Gasteiger partial charge in [-0.1, -0.05) is 51.8 Å². The molecule has 0 bridgehead atoms. The highest BCUT2D eigenvalue weighted by atomic mass is 79.9. The fourth-order valence-electron chi connectivity index (χ4n) is 2.16. The van der Waals surface area contributed by atoms with Gasteiger partial charge in [0.05, 0.1) is 5.56 Å². The van der Waals surface area contributed by atoms with E-state index in [1.807, 2.05) is 6.07 Å². The Kier molecular flexibility index (Phi) is 5.15. The molecule has 0 aliphatic heterocycles. The molecule has 3 nitrogen and oxygen atoms in total. The van der Waals surface area contributed by atoms with E-state index in [-0.39, 0.29) is 0 Å². The van der Waals surface area contributed by atoms with E-state index in [0.29, 0.717) is 5.56 Å². The molecule has 0 aromatic heterocycles. The zero-order valence-electron chi connectivity index (χ0n) is 12.1. The molecule has 0 aliphatic rings. The minimum Gasteiger partial charge on any atom is -0.478 e. The van der Waals surface area contributed by atoms with Crippen LogP contribution in [0.15, 0.2) is 46.9 Å². The molecule has 21 heavy (non-hydrogen) atoms. The van der Waals surface area contributed by atoms with Gasteiger partial charge in [0.1, 0.15) is 0 Å². The first-order valence-electron chi connectivity index (χ1n) is 6.71. The third-order valence-corrected chi connectivity index (χ3v) is 4.05. The summed E-state index contributed by atoms with van der Waals surface area (Å²) in [4.78, 5) is 13.1. The third kappa shape index (κ3) is 4.41. The number of aromatic carboxylic acids is 1. The molecule has 0 aliphatic carbocycles. The zero-order valence-corrected chi connectivity index (χ0v) is 13.7. The normalized spacial score (nSPS) is 10.9. The summed E-state index contributed by atoms with van der Waals surface area (Å²) in [6.07, 6.45) is 0. The van der Waals surface area contributed by atoms with Crippen molar-refractivity contribution in [3.05, 3.63) is 69.2 Å². The molecule has 0 spiro atoms. The Hall–Kier alpha value is -1.65. The Labute approximate surface area is 133 Å². The van der Waals surface area contributed by atoms with Crippen molar-refractivity contribution in [2.75, 3.05) is 7.05 Å². The van der Waals surface area contributed by atoms with Gasteiger partial charge in [0, 0.05) is 17.6 Å². The van der Waals surface area contributed by atoms with Crippen LogP contribution in [0, 0.1) is 6.92 Å². The van der Waals surface area contributed by atoms with Crippen molar-refractivity contribution < 1.29 is 9.90 Å². The molecule has 2 aromatic rings. The van der Waals surface area contributed by atoms with E-state index in [2.05, 4.69) is 59.1 Å². The average molecular weight is 348 g/mol. The van der Waals surface area contributed by atoms with Gasteiger partial charge in [0.15, 0.2) is 0 Å². The van der Waals surface area contributed by atoms with Crippen LogP contribution in [-0.2, 0) is 13.1 Å². The topological polar surface area (TPSA) is 40.5 Å². The number of aryl methyl sites for hydroxylation is 1. The lowest BCUT2D eigenvalue weighted by atomic mass is 10.1. The number of carboxylic acids is 1. The number of benzene rings is 2. The SMILES string of the molecule is Cc1ccc(CN(C)Cc2ccc(C(=O)O)cc2Br)cc1. The van der Waals surface area contributed by atoms with Crippen LogP contribution in [0.3, 0.4) is 0 Å². The van der Waals surface area contributed by atoms with E-state index in [4.69, 9.17) is 5.11 Å². The zero-order chi connectivity index (χ0) is 15.4. The Morgan fingerprint density at radius 1 is 1.14 bits per heavy atom. The number of halogens is 1. The quantitative estimate of drug-likeness (QED) is 0.885. The van der Waals surface area contributed by atoms with Crippen LogP contribution in [0.5, 0.6) is 0 Å². The Morgan fingerprint density at radius 3 is 2.38 bits per heavy atom. The van der Waals surface area contributed by atoms with Crippen molar-refractivity contribution in [3.63, 3.8) is 0 Å². The minimum atomic E-state index is -0.907. The highest BCUT2D eigenvalue weighted by Crippen LogP contribution is 2.21. The summed E-state index contributed by atoms with van der Waals surface area (Å²) >= 11 is 3.45. The van der Waals surface area contributed by atoms with E-state index >= 15 is 0 Å². The number of rotatable bonds is 5. The first-order chi connectivity index (χ1) is 9.95. The largest absolute Gasteiger partial charge is 0.478 e. The Bertz CT molecular complexity index is 638. The van der Waals surface area contributed by atoms with Crippen LogP contribution in [0.25, 0.3) is 0 Å². The second-order valence-corrected chi connectivity index (χ2v) is 6.12. The number of carboxylic acid groups (broad SMARTS) is 1. The lowest BCUT2D eigenvalue weighted by Gasteiger charge is -2.18. The number of hydrogen-bond acceptors (Lipinski definition) is 2. The van der Waals surface area contributed by atoms with Crippen LogP contribution in [0.2, 0.25) is 0 Å². The molecule has 0 saturated carbocycles. The Morgan fingerprint density at radius 2 is 1.81 bits per heavy atom. The molecule has 110 valence electrons. The summed E-state index contributed by atoms with van der Waals surface area (Å²) in [5.41, 5.74) is 3.90. The molecule has 0 fully saturated rings. The number of hydrogen-bond donors (Lipinski definition) is 1. The van der Waals surface area contributed by atoms with Crippen molar-refractivity contribution in [2.24, 2.45) is 0 Å². The van der Waals surface area contributed by atoms with Gasteiger partial charge >= 0.3 is 5.97 Å². The summed E-state index contributed by atoms with van der Waals surface area (Å²) in [5, 5.41) is 8.97. The van der Waals surface area contributed by atoms with Crippen LogP contribution in [-0.4, -0.2) is 23.0 Å². The molecule has 4 heteroatoms. The van der Waals surface area contributed by atoms with E-state index in [1.54, 1.807) is 12.1 Å². The monoisotopic (exact) mass is 347 g/mol. The lowest BCUT2D eigenvalue weighted by Crippen LogP contribution is -2.17. The van der Waals surface area contributed by atoms with Gasteiger partial charge in [0.2, 0.25) is 0 Å². The van der Waals surface area contributed by atoms with Gasteiger partial charge in [-0.2, -0.15) is 0 Å². The van der Waals surface area contributed by atoms with Gasteiger partial charge in [0.25, 0.3) is 0 Å². The van der Waals surface area contributed by atoms with E-state index in [9.17, 15) is 4.79 Å². The third-order valence-electron chi connectivity index (χ3n) is 3.31. The van der Waals surface area contributed by atoms with E-state index in [1.165, 1.54) is 11.1 Å². The summed E-state index contributed by atoms with van der Waals surface area (Å²) in [7, 11) is 2.05. The van der Waals surface area contributed by atoms with Gasteiger partial charge in [-0.05, 0) is 37.2 Å². The smallest absolute Gasteiger partial charge is 0.335 e. The van der Waals surface area contributed by atoms with Gasteiger partial charge < -0.3 is 5.11 Å². The summed E-state index contributed by atoms with van der Waals surface area (Å²) in [5.74, 6) is -0.907. The van der Waals surface area contributed by atoms with Crippen LogP contribution in [0.4, 0.5) is 0 Å². The molecule has 0 unspecified atom stereocenters. The fourth-order valence-corrected chi connectivity index (χ4v) is 2.66. The van der Waals surface area contributed by atoms with Crippen molar-refractivity contribution in [2.45, 2.75) is 20.0 Å². The first kappa shape index (κ1) is 15.7. The fraction of sp³-hybridized carbons (Fsp3) is 0.235. The summed E-state index contributed by atoms with van der Waals surface area (Å²) in [6, 6.07) is 13.6. The summed E-state index contributed by atoms with van der Waals surface area (Å²) in [6.45, 7) is 3.69. The van der Waals surface area contributed by atoms with Crippen molar-refractivity contribution in [3.8, 4) is 0 Å². The van der Waals surface area contributed by atoms with Crippen LogP contribution in [0.1, 0.15) is 27.0 Å². The Balaban J connectivity index is 2.04. The van der Waals surface area contributed by atoms with Gasteiger partial charge in [-0.15, -0.1) is 0 Å². The average Bonchev–Trinajstić information content (AvgIpc) is 2.43. The molecule has 0 radical (unpaired) electrons. The standard InChI is InChI=1S/C17H18BrNO2/c1-12-3-5-13(6-4-12)10-19(2)11-15-8-7-14(17(20)21)9-16(15)18/h3-9H,10-11H2,1-2H3,(H,20,21). The van der Waals surface area contributed by atoms with E-state index in [0.717, 1.165) is 23.1 Å². The van der Waals surface area contributed by atoms with Gasteiger partial charge in [-0.25, -0.2) is 4.79 Å². The summed E-state index contributed by atoms with van der Waals surface area (Å²) < 4.78 is 0.832. The maximum atomic E-state index is 10.9. The highest BCUT2D eigenvalue weighted by molar-refractivity contribution is 9.10. The predicted octanol–water partition coefficient (Wildman–Crippen LogP) is 4.09. The first-order valence-corrected chi connectivity index (χ1v) is 7.51. The van der Waals surface area contributed by atoms with Crippen LogP contribution < -0.4 is 0 Å². The highest BCUT2D eigenvalue weighted by Gasteiger charge is 2.09. The number of carbonyl (C=O) groups is 1. The molecule has 0 saturated heterocycles.